The molecule has 0 radical (unpaired) electrons. The minimum Gasteiger partial charge on any atom is -0.363 e. The molecule has 3 fully saturated rings. The first-order chi connectivity index (χ1) is 13.0. The topological polar surface area (TPSA) is 93.7 Å². The van der Waals surface area contributed by atoms with E-state index in [0.717, 1.165) is 16.6 Å². The lowest BCUT2D eigenvalue weighted by Gasteiger charge is -2.65. The molecule has 3 aliphatic carbocycles. The number of hydrogen-bond donors (Lipinski definition) is 3. The first kappa shape index (κ1) is 16.4. The van der Waals surface area contributed by atoms with E-state index in [0.29, 0.717) is 37.6 Å². The molecule has 8 heteroatoms. The predicted molar refractivity (Wildman–Crippen MR) is 102 cm³/mol. The van der Waals surface area contributed by atoms with Gasteiger partial charge < -0.3 is 16.4 Å². The fourth-order valence-corrected chi connectivity index (χ4v) is 4.26. The largest absolute Gasteiger partial charge is 0.363 e. The fourth-order valence-electron chi connectivity index (χ4n) is 4.26. The lowest BCUT2D eigenvalue weighted by Crippen LogP contribution is -2.73. The highest BCUT2D eigenvalue weighted by Gasteiger charge is 2.69. The number of hydrogen-bond acceptors (Lipinski definition) is 6. The van der Waals surface area contributed by atoms with E-state index in [-0.39, 0.29) is 11.6 Å². The molecule has 3 aromatic rings. The maximum atomic E-state index is 13.9. The van der Waals surface area contributed by atoms with Crippen molar-refractivity contribution in [1.82, 2.24) is 19.7 Å². The van der Waals surface area contributed by atoms with Gasteiger partial charge in [-0.2, -0.15) is 15.1 Å². The van der Waals surface area contributed by atoms with Crippen molar-refractivity contribution in [3.63, 3.8) is 0 Å². The van der Waals surface area contributed by atoms with Gasteiger partial charge in [0.25, 0.3) is 0 Å². The first-order valence-electron chi connectivity index (χ1n) is 9.17. The van der Waals surface area contributed by atoms with Crippen molar-refractivity contribution in [2.45, 2.75) is 36.5 Å². The fraction of sp³-hybridized carbons (Fsp3) is 0.421. The number of nitrogens with two attached hydrogens (primary N) is 1. The van der Waals surface area contributed by atoms with E-state index in [1.807, 2.05) is 37.4 Å². The number of benzene rings is 1. The Balaban J connectivity index is 1.38. The van der Waals surface area contributed by atoms with Crippen molar-refractivity contribution in [1.29, 1.82) is 0 Å². The summed E-state index contributed by atoms with van der Waals surface area (Å²) in [5.41, 5.74) is 6.92. The van der Waals surface area contributed by atoms with Gasteiger partial charge in [-0.25, -0.2) is 4.39 Å². The van der Waals surface area contributed by atoms with Crippen molar-refractivity contribution >= 4 is 22.8 Å². The Morgan fingerprint density at radius 1 is 1.22 bits per heavy atom. The van der Waals surface area contributed by atoms with E-state index in [1.54, 1.807) is 10.9 Å². The molecule has 0 amide bonds. The van der Waals surface area contributed by atoms with Crippen LogP contribution < -0.4 is 16.4 Å². The maximum Gasteiger partial charge on any atom is 0.226 e. The second kappa shape index (κ2) is 5.63. The molecule has 2 heterocycles. The van der Waals surface area contributed by atoms with Crippen molar-refractivity contribution in [3.8, 4) is 0 Å². The SMILES string of the molecule is Cn1ncc2c(NC34CC(F)(C3)C4)nc(NC[C@H](N)c3ccccc3)nc21. The van der Waals surface area contributed by atoms with Crippen LogP contribution >= 0.6 is 0 Å². The van der Waals surface area contributed by atoms with Crippen molar-refractivity contribution in [2.75, 3.05) is 17.2 Å². The van der Waals surface area contributed by atoms with Gasteiger partial charge in [-0.15, -0.1) is 0 Å². The Bertz CT molecular complexity index is 980. The van der Waals surface area contributed by atoms with E-state index >= 15 is 0 Å². The number of fused-ring (bicyclic) bond motifs is 1. The average molecular weight is 367 g/mol. The molecule has 0 spiro atoms. The summed E-state index contributed by atoms with van der Waals surface area (Å²) in [7, 11) is 1.84. The first-order valence-corrected chi connectivity index (χ1v) is 9.17. The monoisotopic (exact) mass is 367 g/mol. The van der Waals surface area contributed by atoms with Gasteiger partial charge in [0, 0.05) is 44.4 Å². The summed E-state index contributed by atoms with van der Waals surface area (Å²) >= 11 is 0. The van der Waals surface area contributed by atoms with Gasteiger partial charge in [0.05, 0.1) is 11.6 Å². The van der Waals surface area contributed by atoms with Crippen LogP contribution in [0.25, 0.3) is 11.0 Å². The zero-order valence-electron chi connectivity index (χ0n) is 15.1. The minimum atomic E-state index is -0.961. The van der Waals surface area contributed by atoms with E-state index in [4.69, 9.17) is 5.73 Å². The van der Waals surface area contributed by atoms with Gasteiger partial charge in [-0.05, 0) is 5.56 Å². The van der Waals surface area contributed by atoms with Crippen molar-refractivity contribution < 1.29 is 4.39 Å². The number of halogens is 1. The molecule has 0 saturated heterocycles. The lowest BCUT2D eigenvalue weighted by atomic mass is 9.47. The number of alkyl halides is 1. The molecule has 0 unspecified atom stereocenters. The Hall–Kier alpha value is -2.74. The van der Waals surface area contributed by atoms with Crippen molar-refractivity contribution in [3.05, 3.63) is 42.1 Å². The molecule has 3 aliphatic rings. The van der Waals surface area contributed by atoms with E-state index in [9.17, 15) is 4.39 Å². The van der Waals surface area contributed by atoms with Crippen LogP contribution in [0.5, 0.6) is 0 Å². The number of aromatic nitrogens is 4. The zero-order valence-corrected chi connectivity index (χ0v) is 15.1. The molecule has 1 atom stereocenters. The summed E-state index contributed by atoms with van der Waals surface area (Å²) in [6, 6.07) is 9.74. The van der Waals surface area contributed by atoms with Crippen LogP contribution in [0, 0.1) is 0 Å². The minimum absolute atomic E-state index is 0.163. The van der Waals surface area contributed by atoms with Crippen LogP contribution in [0.15, 0.2) is 36.5 Å². The van der Waals surface area contributed by atoms with Crippen LogP contribution in [-0.2, 0) is 7.05 Å². The molecule has 2 bridgehead atoms. The number of rotatable bonds is 6. The summed E-state index contributed by atoms with van der Waals surface area (Å²) in [6.45, 7) is 0.506. The second-order valence-corrected chi connectivity index (χ2v) is 7.89. The lowest BCUT2D eigenvalue weighted by molar-refractivity contribution is -0.136. The predicted octanol–water partition coefficient (Wildman–Crippen LogP) is 2.53. The van der Waals surface area contributed by atoms with Gasteiger partial charge in [0.1, 0.15) is 11.5 Å². The third kappa shape index (κ3) is 2.71. The van der Waals surface area contributed by atoms with Crippen LogP contribution in [-0.4, -0.2) is 37.5 Å². The van der Waals surface area contributed by atoms with Gasteiger partial charge in [0.15, 0.2) is 5.65 Å². The third-order valence-corrected chi connectivity index (χ3v) is 5.65. The smallest absolute Gasteiger partial charge is 0.226 e. The molecular formula is C19H22FN7. The highest BCUT2D eigenvalue weighted by Crippen LogP contribution is 2.64. The molecule has 27 heavy (non-hydrogen) atoms. The molecule has 2 aromatic heterocycles. The highest BCUT2D eigenvalue weighted by molar-refractivity contribution is 5.88. The second-order valence-electron chi connectivity index (χ2n) is 7.89. The summed E-state index contributed by atoms with van der Waals surface area (Å²) in [5, 5.41) is 11.8. The van der Waals surface area contributed by atoms with Crippen LogP contribution in [0.3, 0.4) is 0 Å². The quantitative estimate of drug-likeness (QED) is 0.620. The molecule has 140 valence electrons. The Morgan fingerprint density at radius 2 is 1.96 bits per heavy atom. The van der Waals surface area contributed by atoms with E-state index < -0.39 is 5.67 Å². The maximum absolute atomic E-state index is 13.9. The zero-order chi connectivity index (χ0) is 18.6. The van der Waals surface area contributed by atoms with Gasteiger partial charge >= 0.3 is 0 Å². The van der Waals surface area contributed by atoms with Gasteiger partial charge in [0.2, 0.25) is 5.95 Å². The van der Waals surface area contributed by atoms with Crippen LogP contribution in [0.2, 0.25) is 0 Å². The molecule has 3 saturated carbocycles. The van der Waals surface area contributed by atoms with Crippen LogP contribution in [0.4, 0.5) is 16.2 Å². The summed E-state index contributed by atoms with van der Waals surface area (Å²) < 4.78 is 15.6. The molecule has 7 nitrogen and oxygen atoms in total. The Morgan fingerprint density at radius 3 is 2.67 bits per heavy atom. The molecular weight excluding hydrogens is 345 g/mol. The Labute approximate surface area is 156 Å². The Kier molecular flexibility index (Phi) is 3.42. The van der Waals surface area contributed by atoms with Gasteiger partial charge in [-0.1, -0.05) is 30.3 Å². The number of nitrogens with one attached hydrogen (secondary N) is 2. The number of nitrogens with zero attached hydrogens (tertiary/aromatic N) is 4. The standard InChI is InChI=1S/C19H22FN7/c1-27-16-13(7-23-27)15(26-19-9-18(20,10-19)11-19)24-17(25-16)22-8-14(21)12-5-3-2-4-6-12/h2-7,14H,8-11,21H2,1H3,(H2,22,24,25,26)/t14-,18?,19?/m0/s1. The van der Waals surface area contributed by atoms with E-state index in [2.05, 4.69) is 25.7 Å². The average Bonchev–Trinajstić information content (AvgIpc) is 2.99. The van der Waals surface area contributed by atoms with E-state index in [1.165, 1.54) is 0 Å². The normalized spacial score (nSPS) is 26.9. The number of anilines is 2. The molecule has 6 rings (SSSR count). The summed E-state index contributed by atoms with van der Waals surface area (Å²) in [5.74, 6) is 1.19. The number of aryl methyl sites for hydroxylation is 1. The summed E-state index contributed by atoms with van der Waals surface area (Å²) in [6.07, 6.45) is 3.39. The molecule has 0 aliphatic heterocycles. The van der Waals surface area contributed by atoms with Crippen molar-refractivity contribution in [2.24, 2.45) is 12.8 Å². The molecule has 4 N–H and O–H groups in total. The molecule has 1 aromatic carbocycles. The summed E-state index contributed by atoms with van der Waals surface area (Å²) in [4.78, 5) is 9.20. The third-order valence-electron chi connectivity index (χ3n) is 5.65. The van der Waals surface area contributed by atoms with Gasteiger partial charge in [-0.3, -0.25) is 4.68 Å². The highest BCUT2D eigenvalue weighted by atomic mass is 19.1. The van der Waals surface area contributed by atoms with Crippen LogP contribution in [0.1, 0.15) is 30.9 Å².